The zero-order valence-electron chi connectivity index (χ0n) is 20.1. The van der Waals surface area contributed by atoms with Crippen molar-refractivity contribution in [2.45, 2.75) is 59.6 Å². The van der Waals surface area contributed by atoms with Crippen LogP contribution in [0.3, 0.4) is 0 Å². The maximum atomic E-state index is 13.4. The van der Waals surface area contributed by atoms with E-state index in [1.807, 2.05) is 19.1 Å². The Morgan fingerprint density at radius 1 is 1.12 bits per heavy atom. The number of carbonyl (C=O) groups excluding carboxylic acids is 1. The van der Waals surface area contributed by atoms with Crippen molar-refractivity contribution in [2.75, 3.05) is 19.9 Å². The number of aryl methyl sites for hydroxylation is 1. The molecule has 0 atom stereocenters. The Morgan fingerprint density at radius 3 is 2.56 bits per heavy atom. The molecule has 2 aromatic carbocycles. The number of ether oxygens (including phenoxy) is 3. The fraction of sp³-hybridized carbons (Fsp3) is 0.444. The molecule has 2 aliphatic rings. The van der Waals surface area contributed by atoms with Gasteiger partial charge < -0.3 is 19.3 Å². The predicted molar refractivity (Wildman–Crippen MR) is 135 cm³/mol. The first kappa shape index (κ1) is 24.8. The van der Waals surface area contributed by atoms with E-state index in [4.69, 9.17) is 14.2 Å². The molecular formula is C27H32BrNO5. The number of ketones is 1. The second-order valence-corrected chi connectivity index (χ2v) is 9.83. The van der Waals surface area contributed by atoms with Crippen LogP contribution in [-0.2, 0) is 17.9 Å². The lowest BCUT2D eigenvalue weighted by atomic mass is 9.98. The third-order valence-corrected chi connectivity index (χ3v) is 6.71. The monoisotopic (exact) mass is 529 g/mol. The first-order chi connectivity index (χ1) is 16.4. The number of rotatable bonds is 9. The summed E-state index contributed by atoms with van der Waals surface area (Å²) in [4.78, 5) is 15.7. The van der Waals surface area contributed by atoms with Gasteiger partial charge in [0, 0.05) is 22.1 Å². The molecule has 1 N–H and O–H groups in total. The topological polar surface area (TPSA) is 68.2 Å². The molecule has 0 saturated carbocycles. The molecule has 0 bridgehead atoms. The summed E-state index contributed by atoms with van der Waals surface area (Å²) < 4.78 is 18.2. The van der Waals surface area contributed by atoms with Crippen molar-refractivity contribution in [1.29, 1.82) is 0 Å². The summed E-state index contributed by atoms with van der Waals surface area (Å²) in [6.45, 7) is 9.23. The van der Waals surface area contributed by atoms with E-state index in [0.29, 0.717) is 41.3 Å². The molecule has 7 heteroatoms. The number of phenols is 1. The third kappa shape index (κ3) is 5.16. The molecule has 2 aromatic rings. The minimum atomic E-state index is -0.178. The van der Waals surface area contributed by atoms with E-state index in [9.17, 15) is 9.90 Å². The van der Waals surface area contributed by atoms with E-state index in [1.54, 1.807) is 12.1 Å². The number of hydrogen-bond donors (Lipinski definition) is 1. The van der Waals surface area contributed by atoms with Crippen LogP contribution < -0.4 is 9.47 Å². The smallest absolute Gasteiger partial charge is 0.232 e. The summed E-state index contributed by atoms with van der Waals surface area (Å²) in [5, 5.41) is 10.8. The molecule has 0 amide bonds. The van der Waals surface area contributed by atoms with Crippen LogP contribution in [0.2, 0.25) is 0 Å². The number of benzene rings is 2. The number of unbranched alkanes of at least 4 members (excludes halogenated alkanes) is 2. The summed E-state index contributed by atoms with van der Waals surface area (Å²) in [7, 11) is 0. The van der Waals surface area contributed by atoms with Crippen LogP contribution in [0.15, 0.2) is 28.4 Å². The van der Waals surface area contributed by atoms with Gasteiger partial charge >= 0.3 is 0 Å². The zero-order valence-corrected chi connectivity index (χ0v) is 21.7. The van der Waals surface area contributed by atoms with Crippen LogP contribution in [0.25, 0.3) is 6.08 Å². The maximum Gasteiger partial charge on any atom is 0.232 e. The Balaban J connectivity index is 1.70. The van der Waals surface area contributed by atoms with E-state index in [1.165, 1.54) is 0 Å². The van der Waals surface area contributed by atoms with Gasteiger partial charge in [-0.1, -0.05) is 42.6 Å². The fourth-order valence-electron chi connectivity index (χ4n) is 4.45. The Morgan fingerprint density at radius 2 is 1.85 bits per heavy atom. The van der Waals surface area contributed by atoms with E-state index < -0.39 is 0 Å². The molecular weight excluding hydrogens is 498 g/mol. The second kappa shape index (κ2) is 10.9. The number of nitrogens with zero attached hydrogens (tertiary/aromatic N) is 1. The van der Waals surface area contributed by atoms with Gasteiger partial charge in [-0.05, 0) is 62.7 Å². The van der Waals surface area contributed by atoms with Gasteiger partial charge in [0.1, 0.15) is 17.2 Å². The molecule has 2 heterocycles. The highest BCUT2D eigenvalue weighted by molar-refractivity contribution is 9.10. The molecule has 0 unspecified atom stereocenters. The van der Waals surface area contributed by atoms with Crippen molar-refractivity contribution in [1.82, 2.24) is 4.90 Å². The molecule has 2 aliphatic heterocycles. The number of fused-ring (bicyclic) bond motifs is 2. The third-order valence-electron chi connectivity index (χ3n) is 6.25. The maximum absolute atomic E-state index is 13.4. The number of aromatic hydroxyl groups is 1. The highest BCUT2D eigenvalue weighted by atomic mass is 79.9. The van der Waals surface area contributed by atoms with Crippen LogP contribution in [0.4, 0.5) is 0 Å². The Hall–Kier alpha value is -2.35. The second-order valence-electron chi connectivity index (χ2n) is 8.91. The van der Waals surface area contributed by atoms with E-state index >= 15 is 0 Å². The van der Waals surface area contributed by atoms with Crippen LogP contribution in [0.1, 0.15) is 72.1 Å². The fourth-order valence-corrected chi connectivity index (χ4v) is 4.97. The molecule has 0 radical (unpaired) electrons. The van der Waals surface area contributed by atoms with Gasteiger partial charge in [0.15, 0.2) is 12.6 Å². The zero-order chi connectivity index (χ0) is 24.2. The van der Waals surface area contributed by atoms with E-state index in [-0.39, 0.29) is 24.1 Å². The van der Waals surface area contributed by atoms with Gasteiger partial charge in [-0.25, -0.2) is 0 Å². The number of Topliss-reactive ketones (excluding diaryl/α,β-unsaturated/α-hetero) is 1. The molecule has 34 heavy (non-hydrogen) atoms. The highest BCUT2D eigenvalue weighted by Crippen LogP contribution is 2.43. The average molecular weight is 530 g/mol. The average Bonchev–Trinajstić information content (AvgIpc) is 3.14. The minimum absolute atomic E-state index is 0.169. The number of halogens is 1. The number of phenolic OH excluding ortho intramolecular Hbond substituents is 1. The van der Waals surface area contributed by atoms with Crippen LogP contribution in [-0.4, -0.2) is 35.7 Å². The Labute approximate surface area is 209 Å². The number of allylic oxidation sites excluding steroid dienone is 1. The van der Waals surface area contributed by atoms with Gasteiger partial charge in [-0.15, -0.1) is 0 Å². The van der Waals surface area contributed by atoms with Crippen molar-refractivity contribution >= 4 is 27.8 Å². The van der Waals surface area contributed by atoms with Crippen molar-refractivity contribution in [3.63, 3.8) is 0 Å². The molecule has 0 saturated heterocycles. The summed E-state index contributed by atoms with van der Waals surface area (Å²) in [5.41, 5.74) is 3.56. The van der Waals surface area contributed by atoms with Gasteiger partial charge in [0.2, 0.25) is 5.78 Å². The molecule has 0 aromatic heterocycles. The lowest BCUT2D eigenvalue weighted by Crippen LogP contribution is -2.26. The summed E-state index contributed by atoms with van der Waals surface area (Å²) >= 11 is 3.53. The predicted octanol–water partition coefficient (Wildman–Crippen LogP) is 6.35. The first-order valence-electron chi connectivity index (χ1n) is 12.0. The lowest BCUT2D eigenvalue weighted by molar-refractivity contribution is -0.0165. The lowest BCUT2D eigenvalue weighted by Gasteiger charge is -2.23. The van der Waals surface area contributed by atoms with E-state index in [0.717, 1.165) is 54.4 Å². The van der Waals surface area contributed by atoms with Crippen molar-refractivity contribution in [2.24, 2.45) is 0 Å². The standard InChI is InChI=1S/C27H32BrNO5/c1-4-6-8-29(9-7-5-2)14-21-22(30)10-17(3)24-25(31)23(34-27(21)24)13-18-11-20(28)12-19-15-32-16-33-26(18)19/h10-13,30H,4-9,14-16H2,1-3H3/b23-13+. The first-order valence-corrected chi connectivity index (χ1v) is 12.8. The number of carbonyl (C=O) groups is 1. The molecule has 4 rings (SSSR count). The SMILES string of the molecule is CCCCN(CCCC)Cc1c(O)cc(C)c2c1O/C(=C/c1cc(Br)cc3c1OCOC3)C2=O. The van der Waals surface area contributed by atoms with Gasteiger partial charge in [0.05, 0.1) is 17.7 Å². The minimum Gasteiger partial charge on any atom is -0.507 e. The summed E-state index contributed by atoms with van der Waals surface area (Å²) in [5.74, 6) is 1.39. The molecule has 0 spiro atoms. The van der Waals surface area contributed by atoms with Gasteiger partial charge in [-0.3, -0.25) is 9.69 Å². The normalized spacial score (nSPS) is 15.9. The van der Waals surface area contributed by atoms with Crippen molar-refractivity contribution in [3.05, 3.63) is 56.2 Å². The number of hydrogen-bond acceptors (Lipinski definition) is 6. The largest absolute Gasteiger partial charge is 0.507 e. The van der Waals surface area contributed by atoms with Crippen molar-refractivity contribution < 1.29 is 24.1 Å². The molecule has 0 aliphatic carbocycles. The van der Waals surface area contributed by atoms with Crippen LogP contribution in [0, 0.1) is 6.92 Å². The van der Waals surface area contributed by atoms with Crippen LogP contribution in [0.5, 0.6) is 17.2 Å². The summed E-state index contributed by atoms with van der Waals surface area (Å²) in [6, 6.07) is 5.53. The van der Waals surface area contributed by atoms with Crippen LogP contribution >= 0.6 is 15.9 Å². The Kier molecular flexibility index (Phi) is 7.96. The highest BCUT2D eigenvalue weighted by Gasteiger charge is 2.34. The molecule has 0 fully saturated rings. The van der Waals surface area contributed by atoms with Gasteiger partial charge in [-0.2, -0.15) is 0 Å². The summed E-state index contributed by atoms with van der Waals surface area (Å²) in [6.07, 6.45) is 6.10. The van der Waals surface area contributed by atoms with Gasteiger partial charge in [0.25, 0.3) is 0 Å². The molecule has 182 valence electrons. The quantitative estimate of drug-likeness (QED) is 0.381. The van der Waals surface area contributed by atoms with Crippen molar-refractivity contribution in [3.8, 4) is 17.2 Å². The van der Waals surface area contributed by atoms with E-state index in [2.05, 4.69) is 34.7 Å². The molecule has 6 nitrogen and oxygen atoms in total. The Bertz CT molecular complexity index is 1100.